The summed E-state index contributed by atoms with van der Waals surface area (Å²) in [5.41, 5.74) is 5.04. The molecule has 30 heavy (non-hydrogen) atoms. The van der Waals surface area contributed by atoms with Gasteiger partial charge in [0.15, 0.2) is 0 Å². The maximum atomic E-state index is 12.6. The molecule has 0 bridgehead atoms. The highest BCUT2D eigenvalue weighted by molar-refractivity contribution is 7.18. The van der Waals surface area contributed by atoms with Crippen LogP contribution in [0.2, 0.25) is 0 Å². The van der Waals surface area contributed by atoms with Crippen molar-refractivity contribution in [3.63, 3.8) is 0 Å². The molecule has 0 fully saturated rings. The van der Waals surface area contributed by atoms with Crippen LogP contribution in [0.15, 0.2) is 36.4 Å². The van der Waals surface area contributed by atoms with Crippen LogP contribution in [0.1, 0.15) is 21.7 Å². The lowest BCUT2D eigenvalue weighted by molar-refractivity contribution is -0.131. The van der Waals surface area contributed by atoms with Gasteiger partial charge in [-0.05, 0) is 51.1 Å². The van der Waals surface area contributed by atoms with Crippen molar-refractivity contribution < 1.29 is 9.59 Å². The summed E-state index contributed by atoms with van der Waals surface area (Å²) in [5, 5.41) is 3.88. The number of benzene rings is 2. The number of fused-ring (bicyclic) bond motifs is 1. The van der Waals surface area contributed by atoms with Crippen LogP contribution < -0.4 is 5.32 Å². The normalized spacial score (nSPS) is 11.1. The van der Waals surface area contributed by atoms with E-state index in [2.05, 4.69) is 10.3 Å². The molecule has 1 aromatic heterocycles. The van der Waals surface area contributed by atoms with Crippen molar-refractivity contribution >= 4 is 39.1 Å². The molecule has 0 saturated carbocycles. The van der Waals surface area contributed by atoms with Gasteiger partial charge in [0.2, 0.25) is 11.8 Å². The number of nitrogens with zero attached hydrogens (tertiary/aromatic N) is 3. The van der Waals surface area contributed by atoms with E-state index in [0.29, 0.717) is 6.54 Å². The number of carbonyl (C=O) groups is 2. The number of hydrogen-bond donors (Lipinski definition) is 1. The highest BCUT2D eigenvalue weighted by Gasteiger charge is 2.17. The summed E-state index contributed by atoms with van der Waals surface area (Å²) in [6.45, 7) is 6.78. The van der Waals surface area contributed by atoms with Gasteiger partial charge in [0, 0.05) is 12.7 Å². The molecule has 7 heteroatoms. The topological polar surface area (TPSA) is 65.5 Å². The van der Waals surface area contributed by atoms with E-state index >= 15 is 0 Å². The fourth-order valence-corrected chi connectivity index (χ4v) is 4.51. The van der Waals surface area contributed by atoms with Crippen molar-refractivity contribution in [1.29, 1.82) is 0 Å². The minimum absolute atomic E-state index is 0.0488. The van der Waals surface area contributed by atoms with Crippen LogP contribution in [-0.2, 0) is 16.1 Å². The van der Waals surface area contributed by atoms with E-state index in [0.717, 1.165) is 32.0 Å². The molecule has 3 rings (SSSR count). The van der Waals surface area contributed by atoms with Crippen LogP contribution in [0.4, 0.5) is 5.69 Å². The molecular weight excluding hydrogens is 396 g/mol. The second-order valence-electron chi connectivity index (χ2n) is 7.82. The van der Waals surface area contributed by atoms with Crippen molar-refractivity contribution in [2.75, 3.05) is 32.5 Å². The average Bonchev–Trinajstić information content (AvgIpc) is 3.06. The summed E-state index contributed by atoms with van der Waals surface area (Å²) in [6.07, 6.45) is 0. The van der Waals surface area contributed by atoms with Gasteiger partial charge in [0.05, 0.1) is 29.9 Å². The van der Waals surface area contributed by atoms with Crippen molar-refractivity contribution in [2.45, 2.75) is 27.3 Å². The lowest BCUT2D eigenvalue weighted by Crippen LogP contribution is -2.39. The molecule has 0 aliphatic heterocycles. The number of rotatable bonds is 7. The Hall–Kier alpha value is -2.77. The molecule has 158 valence electrons. The first kappa shape index (κ1) is 21.9. The summed E-state index contributed by atoms with van der Waals surface area (Å²) in [5.74, 6) is -0.179. The lowest BCUT2D eigenvalue weighted by Gasteiger charge is -2.21. The molecule has 3 aromatic rings. The Morgan fingerprint density at radius 3 is 2.37 bits per heavy atom. The van der Waals surface area contributed by atoms with Gasteiger partial charge in [-0.3, -0.25) is 14.5 Å². The molecule has 0 aliphatic rings. The number of aromatic nitrogens is 1. The van der Waals surface area contributed by atoms with Crippen LogP contribution in [0.3, 0.4) is 0 Å². The van der Waals surface area contributed by atoms with Crippen LogP contribution in [0.25, 0.3) is 10.2 Å². The smallest absolute Gasteiger partial charge is 0.238 e. The van der Waals surface area contributed by atoms with Crippen molar-refractivity contribution in [1.82, 2.24) is 14.8 Å². The molecule has 2 aromatic carbocycles. The molecule has 0 atom stereocenters. The molecule has 0 aliphatic carbocycles. The van der Waals surface area contributed by atoms with Crippen LogP contribution >= 0.6 is 11.3 Å². The number of hydrogen-bond acceptors (Lipinski definition) is 5. The SMILES string of the molecule is Cc1cc(C)c(NC(=O)CN(C)CC(=O)N(C)Cc2nc3ccccc3s2)c(C)c1. The standard InChI is InChI=1S/C23H28N4O2S/c1-15-10-16(2)23(17(3)11-15)25-20(28)12-26(4)14-22(29)27(5)13-21-24-18-8-6-7-9-19(18)30-21/h6-11H,12-14H2,1-5H3,(H,25,28). The summed E-state index contributed by atoms with van der Waals surface area (Å²) in [7, 11) is 3.54. The summed E-state index contributed by atoms with van der Waals surface area (Å²) >= 11 is 1.59. The van der Waals surface area contributed by atoms with E-state index < -0.39 is 0 Å². The first-order valence-electron chi connectivity index (χ1n) is 9.87. The molecule has 0 radical (unpaired) electrons. The fourth-order valence-electron chi connectivity index (χ4n) is 3.49. The number of anilines is 1. The number of carbonyl (C=O) groups excluding carboxylic acids is 2. The highest BCUT2D eigenvalue weighted by atomic mass is 32.1. The van der Waals surface area contributed by atoms with Crippen LogP contribution in [0, 0.1) is 20.8 Å². The molecule has 6 nitrogen and oxygen atoms in total. The van der Waals surface area contributed by atoms with Gasteiger partial charge in [-0.1, -0.05) is 29.8 Å². The Morgan fingerprint density at radius 1 is 1.03 bits per heavy atom. The van der Waals surface area contributed by atoms with Gasteiger partial charge in [0.1, 0.15) is 5.01 Å². The van der Waals surface area contributed by atoms with E-state index in [1.165, 1.54) is 5.56 Å². The molecule has 2 amide bonds. The zero-order valence-electron chi connectivity index (χ0n) is 18.2. The molecule has 0 saturated heterocycles. The van der Waals surface area contributed by atoms with Crippen molar-refractivity contribution in [3.8, 4) is 0 Å². The van der Waals surface area contributed by atoms with E-state index in [9.17, 15) is 9.59 Å². The number of likely N-dealkylation sites (N-methyl/N-ethyl adjacent to an activating group) is 2. The average molecular weight is 425 g/mol. The first-order valence-corrected chi connectivity index (χ1v) is 10.7. The predicted octanol–water partition coefficient (Wildman–Crippen LogP) is 3.75. The van der Waals surface area contributed by atoms with Crippen molar-refractivity contribution in [2.24, 2.45) is 0 Å². The Labute approximate surface area is 181 Å². The quantitative estimate of drug-likeness (QED) is 0.627. The largest absolute Gasteiger partial charge is 0.338 e. The third-order valence-electron chi connectivity index (χ3n) is 4.90. The molecule has 1 N–H and O–H groups in total. The zero-order chi connectivity index (χ0) is 21.8. The number of para-hydroxylation sites is 1. The second kappa shape index (κ2) is 9.36. The van der Waals surface area contributed by atoms with Gasteiger partial charge in [-0.25, -0.2) is 4.98 Å². The molecule has 0 spiro atoms. The Balaban J connectivity index is 1.52. The van der Waals surface area contributed by atoms with Crippen molar-refractivity contribution in [3.05, 3.63) is 58.1 Å². The fraction of sp³-hybridized carbons (Fsp3) is 0.348. The molecular formula is C23H28N4O2S. The third kappa shape index (κ3) is 5.43. The monoisotopic (exact) mass is 424 g/mol. The zero-order valence-corrected chi connectivity index (χ0v) is 19.0. The van der Waals surface area contributed by atoms with E-state index in [1.54, 1.807) is 35.2 Å². The maximum absolute atomic E-state index is 12.6. The number of nitrogens with one attached hydrogen (secondary N) is 1. The Bertz CT molecular complexity index is 1020. The van der Waals surface area contributed by atoms with Gasteiger partial charge in [-0.2, -0.15) is 0 Å². The van der Waals surface area contributed by atoms with Gasteiger partial charge >= 0.3 is 0 Å². The van der Waals surface area contributed by atoms with Crippen LogP contribution in [0.5, 0.6) is 0 Å². The molecule has 1 heterocycles. The highest BCUT2D eigenvalue weighted by Crippen LogP contribution is 2.23. The minimum atomic E-state index is -0.130. The van der Waals surface area contributed by atoms with E-state index in [-0.39, 0.29) is 24.9 Å². The van der Waals surface area contributed by atoms with E-state index in [4.69, 9.17) is 0 Å². The summed E-state index contributed by atoms with van der Waals surface area (Å²) in [6, 6.07) is 12.0. The second-order valence-corrected chi connectivity index (χ2v) is 8.93. The lowest BCUT2D eigenvalue weighted by atomic mass is 10.1. The summed E-state index contributed by atoms with van der Waals surface area (Å²) in [4.78, 5) is 33.0. The van der Waals surface area contributed by atoms with E-state index in [1.807, 2.05) is 57.2 Å². The van der Waals surface area contributed by atoms with Gasteiger partial charge in [-0.15, -0.1) is 11.3 Å². The Kier molecular flexibility index (Phi) is 6.84. The minimum Gasteiger partial charge on any atom is -0.338 e. The number of aryl methyl sites for hydroxylation is 3. The summed E-state index contributed by atoms with van der Waals surface area (Å²) < 4.78 is 1.11. The third-order valence-corrected chi connectivity index (χ3v) is 5.92. The first-order chi connectivity index (χ1) is 14.2. The predicted molar refractivity (Wildman–Crippen MR) is 123 cm³/mol. The van der Waals surface area contributed by atoms with Gasteiger partial charge < -0.3 is 10.2 Å². The van der Waals surface area contributed by atoms with Gasteiger partial charge in [0.25, 0.3) is 0 Å². The van der Waals surface area contributed by atoms with Crippen LogP contribution in [-0.4, -0.2) is 53.8 Å². The molecule has 0 unspecified atom stereocenters. The number of amides is 2. The Morgan fingerprint density at radius 2 is 1.70 bits per heavy atom. The maximum Gasteiger partial charge on any atom is 0.238 e. The number of thiazole rings is 1.